The molecule has 130 valence electrons. The number of hydrogen-bond acceptors (Lipinski definition) is 3. The summed E-state index contributed by atoms with van der Waals surface area (Å²) in [6, 6.07) is 17.3. The van der Waals surface area contributed by atoms with Crippen molar-refractivity contribution in [1.29, 1.82) is 0 Å². The first kappa shape index (κ1) is 17.7. The van der Waals surface area contributed by atoms with E-state index in [2.05, 4.69) is 28.1 Å². The van der Waals surface area contributed by atoms with E-state index in [4.69, 9.17) is 4.98 Å². The van der Waals surface area contributed by atoms with Crippen molar-refractivity contribution >= 4 is 22.7 Å². The second-order valence-electron chi connectivity index (χ2n) is 7.29. The Morgan fingerprint density at radius 3 is 2.36 bits per heavy atom. The van der Waals surface area contributed by atoms with Crippen molar-refractivity contribution in [3.8, 4) is 5.69 Å². The molecule has 5 heteroatoms. The number of quaternary nitrogens is 1. The largest absolute Gasteiger partial charge is 0.330 e. The lowest BCUT2D eigenvalue weighted by Gasteiger charge is -2.27. The lowest BCUT2D eigenvalue weighted by molar-refractivity contribution is -0.869. The molecule has 0 aliphatic carbocycles. The number of hydrogen-bond donors (Lipinski definition) is 0. The molecular formula is C20H24N3OS+. The Labute approximate surface area is 152 Å². The standard InChI is InChI=1S/C20H24N3OS/c1-15(14-23(2,3)4)25-20-21-18-13-9-8-12-17(18)19(24)22(20)16-10-6-5-7-11-16/h5-13,15H,14H2,1-4H3/q+1. The molecule has 1 atom stereocenters. The summed E-state index contributed by atoms with van der Waals surface area (Å²) in [5.74, 6) is 0. The Bertz CT molecular complexity index is 929. The van der Waals surface area contributed by atoms with E-state index in [-0.39, 0.29) is 5.56 Å². The molecule has 0 amide bonds. The second kappa shape index (κ2) is 7.02. The molecule has 1 aromatic heterocycles. The zero-order valence-electron chi connectivity index (χ0n) is 15.1. The van der Waals surface area contributed by atoms with Crippen LogP contribution in [-0.4, -0.2) is 47.0 Å². The third kappa shape index (κ3) is 4.11. The fourth-order valence-corrected chi connectivity index (χ4v) is 4.31. The van der Waals surface area contributed by atoms with Gasteiger partial charge in [-0.05, 0) is 31.2 Å². The Morgan fingerprint density at radius 1 is 1.04 bits per heavy atom. The highest BCUT2D eigenvalue weighted by atomic mass is 32.2. The summed E-state index contributed by atoms with van der Waals surface area (Å²) in [7, 11) is 6.53. The Hall–Kier alpha value is -2.11. The van der Waals surface area contributed by atoms with E-state index in [1.807, 2.05) is 54.6 Å². The van der Waals surface area contributed by atoms with Crippen LogP contribution in [0.15, 0.2) is 64.5 Å². The van der Waals surface area contributed by atoms with Gasteiger partial charge in [0, 0.05) is 0 Å². The number of nitrogens with zero attached hydrogens (tertiary/aromatic N) is 3. The SMILES string of the molecule is CC(C[N+](C)(C)C)Sc1nc2ccccc2c(=O)n1-c1ccccc1. The van der Waals surface area contributed by atoms with E-state index in [1.165, 1.54) is 0 Å². The zero-order valence-corrected chi connectivity index (χ0v) is 16.0. The van der Waals surface area contributed by atoms with Gasteiger partial charge in [-0.3, -0.25) is 9.36 Å². The second-order valence-corrected chi connectivity index (χ2v) is 8.69. The van der Waals surface area contributed by atoms with Crippen molar-refractivity contribution in [3.05, 3.63) is 65.0 Å². The van der Waals surface area contributed by atoms with Crippen molar-refractivity contribution in [2.45, 2.75) is 17.3 Å². The van der Waals surface area contributed by atoms with Gasteiger partial charge >= 0.3 is 0 Å². The van der Waals surface area contributed by atoms with Gasteiger partial charge in [-0.1, -0.05) is 42.1 Å². The highest BCUT2D eigenvalue weighted by molar-refractivity contribution is 7.99. The molecule has 25 heavy (non-hydrogen) atoms. The molecule has 0 fully saturated rings. The first-order valence-corrected chi connectivity index (χ1v) is 9.27. The van der Waals surface area contributed by atoms with Crippen LogP contribution in [0.2, 0.25) is 0 Å². The van der Waals surface area contributed by atoms with E-state index in [0.717, 1.165) is 27.4 Å². The minimum absolute atomic E-state index is 0.0169. The predicted molar refractivity (Wildman–Crippen MR) is 106 cm³/mol. The molecule has 0 aliphatic heterocycles. The lowest BCUT2D eigenvalue weighted by Crippen LogP contribution is -2.39. The molecule has 1 heterocycles. The monoisotopic (exact) mass is 354 g/mol. The molecule has 3 aromatic rings. The van der Waals surface area contributed by atoms with Crippen molar-refractivity contribution in [1.82, 2.24) is 9.55 Å². The highest BCUT2D eigenvalue weighted by Crippen LogP contribution is 2.25. The number of benzene rings is 2. The smallest absolute Gasteiger partial charge is 0.266 e. The summed E-state index contributed by atoms with van der Waals surface area (Å²) < 4.78 is 2.61. The minimum Gasteiger partial charge on any atom is -0.330 e. The quantitative estimate of drug-likeness (QED) is 0.399. The van der Waals surface area contributed by atoms with Crippen LogP contribution in [0.1, 0.15) is 6.92 Å². The van der Waals surface area contributed by atoms with Gasteiger partial charge in [0.2, 0.25) is 0 Å². The fraction of sp³-hybridized carbons (Fsp3) is 0.300. The maximum Gasteiger partial charge on any atom is 0.266 e. The molecule has 0 radical (unpaired) electrons. The van der Waals surface area contributed by atoms with Crippen LogP contribution in [0, 0.1) is 0 Å². The first-order chi connectivity index (χ1) is 11.8. The van der Waals surface area contributed by atoms with Gasteiger partial charge in [0.25, 0.3) is 5.56 Å². The number of para-hydroxylation sites is 2. The molecule has 4 nitrogen and oxygen atoms in total. The summed E-state index contributed by atoms with van der Waals surface area (Å²) in [4.78, 5) is 17.9. The van der Waals surface area contributed by atoms with E-state index in [1.54, 1.807) is 16.3 Å². The third-order valence-corrected chi connectivity index (χ3v) is 4.91. The zero-order chi connectivity index (χ0) is 18.0. The Balaban J connectivity index is 2.14. The van der Waals surface area contributed by atoms with Crippen molar-refractivity contribution < 1.29 is 4.48 Å². The van der Waals surface area contributed by atoms with Crippen molar-refractivity contribution in [2.75, 3.05) is 27.7 Å². The van der Waals surface area contributed by atoms with Gasteiger partial charge in [-0.25, -0.2) is 4.98 Å². The fourth-order valence-electron chi connectivity index (χ4n) is 2.98. The van der Waals surface area contributed by atoms with Gasteiger partial charge in [0.15, 0.2) is 5.16 Å². The van der Waals surface area contributed by atoms with Crippen LogP contribution >= 0.6 is 11.8 Å². The average Bonchev–Trinajstić information content (AvgIpc) is 2.54. The van der Waals surface area contributed by atoms with E-state index in [0.29, 0.717) is 10.6 Å². The number of aromatic nitrogens is 2. The van der Waals surface area contributed by atoms with Gasteiger partial charge in [0.1, 0.15) is 0 Å². The Morgan fingerprint density at radius 2 is 1.68 bits per heavy atom. The van der Waals surface area contributed by atoms with Gasteiger partial charge in [0.05, 0.1) is 49.5 Å². The number of rotatable bonds is 5. The summed E-state index contributed by atoms with van der Waals surface area (Å²) in [6.07, 6.45) is 0. The number of thioether (sulfide) groups is 1. The molecule has 0 spiro atoms. The number of fused-ring (bicyclic) bond motifs is 1. The maximum absolute atomic E-state index is 13.1. The predicted octanol–water partition coefficient (Wildman–Crippen LogP) is 3.57. The molecule has 0 saturated carbocycles. The van der Waals surface area contributed by atoms with Crippen LogP contribution in [0.25, 0.3) is 16.6 Å². The molecule has 0 saturated heterocycles. The van der Waals surface area contributed by atoms with Crippen LogP contribution in [0.4, 0.5) is 0 Å². The summed E-state index contributed by atoms with van der Waals surface area (Å²) >= 11 is 1.66. The lowest BCUT2D eigenvalue weighted by atomic mass is 10.2. The summed E-state index contributed by atoms with van der Waals surface area (Å²) in [5.41, 5.74) is 1.59. The van der Waals surface area contributed by atoms with Gasteiger partial charge in [-0.15, -0.1) is 0 Å². The van der Waals surface area contributed by atoms with E-state index in [9.17, 15) is 4.79 Å². The molecule has 3 rings (SSSR count). The van der Waals surface area contributed by atoms with Crippen LogP contribution < -0.4 is 5.56 Å². The van der Waals surface area contributed by atoms with Crippen molar-refractivity contribution in [2.24, 2.45) is 0 Å². The summed E-state index contributed by atoms with van der Waals surface area (Å²) in [5, 5.41) is 1.73. The molecule has 0 aliphatic rings. The van der Waals surface area contributed by atoms with Gasteiger partial charge in [-0.2, -0.15) is 0 Å². The molecular weight excluding hydrogens is 330 g/mol. The van der Waals surface area contributed by atoms with Crippen LogP contribution in [0.3, 0.4) is 0 Å². The van der Waals surface area contributed by atoms with E-state index >= 15 is 0 Å². The Kier molecular flexibility index (Phi) is 4.97. The average molecular weight is 354 g/mol. The minimum atomic E-state index is -0.0169. The van der Waals surface area contributed by atoms with Gasteiger partial charge < -0.3 is 4.48 Å². The molecule has 0 bridgehead atoms. The first-order valence-electron chi connectivity index (χ1n) is 8.39. The van der Waals surface area contributed by atoms with Crippen LogP contribution in [-0.2, 0) is 0 Å². The molecule has 1 unspecified atom stereocenters. The third-order valence-electron chi connectivity index (χ3n) is 3.87. The highest BCUT2D eigenvalue weighted by Gasteiger charge is 2.19. The molecule has 0 N–H and O–H groups in total. The summed E-state index contributed by atoms with van der Waals surface area (Å²) in [6.45, 7) is 3.17. The maximum atomic E-state index is 13.1. The topological polar surface area (TPSA) is 34.9 Å². The van der Waals surface area contributed by atoms with Crippen LogP contribution in [0.5, 0.6) is 0 Å². The normalized spacial score (nSPS) is 13.1. The van der Waals surface area contributed by atoms with E-state index < -0.39 is 0 Å². The van der Waals surface area contributed by atoms with Crippen molar-refractivity contribution in [3.63, 3.8) is 0 Å². The molecule has 2 aromatic carbocycles.